The molecule has 0 radical (unpaired) electrons. The van der Waals surface area contributed by atoms with Gasteiger partial charge in [0.2, 0.25) is 0 Å². The molecule has 0 amide bonds. The summed E-state index contributed by atoms with van der Waals surface area (Å²) >= 11 is 0. The van der Waals surface area contributed by atoms with Gasteiger partial charge in [-0.15, -0.1) is 0 Å². The van der Waals surface area contributed by atoms with Gasteiger partial charge in [-0.2, -0.15) is 17.0 Å². The summed E-state index contributed by atoms with van der Waals surface area (Å²) in [6.07, 6.45) is 0.538. The first-order chi connectivity index (χ1) is 8.17. The third kappa shape index (κ3) is 6.29. The highest BCUT2D eigenvalue weighted by Gasteiger charge is 2.23. The zero-order valence-electron chi connectivity index (χ0n) is 11.5. The van der Waals surface area contributed by atoms with Crippen molar-refractivity contribution in [3.8, 4) is 0 Å². The van der Waals surface area contributed by atoms with E-state index >= 15 is 0 Å². The van der Waals surface area contributed by atoms with Gasteiger partial charge >= 0.3 is 5.97 Å². The normalized spacial score (nSPS) is 12.6. The fourth-order valence-electron chi connectivity index (χ4n) is 1.33. The number of nitrogens with zero attached hydrogens (tertiary/aromatic N) is 3. The smallest absolute Gasteiger partial charge is 0.304 e. The Balaban J connectivity index is 4.29. The summed E-state index contributed by atoms with van der Waals surface area (Å²) in [6.45, 7) is 1.20. The minimum atomic E-state index is -3.55. The van der Waals surface area contributed by atoms with Gasteiger partial charge in [0.15, 0.2) is 0 Å². The molecule has 108 valence electrons. The fourth-order valence-corrected chi connectivity index (χ4v) is 2.49. The van der Waals surface area contributed by atoms with Crippen LogP contribution in [0.25, 0.3) is 0 Å². The molecule has 0 aliphatic rings. The average Bonchev–Trinajstić information content (AvgIpc) is 2.24. The van der Waals surface area contributed by atoms with Gasteiger partial charge in [0.1, 0.15) is 0 Å². The molecule has 0 aromatic carbocycles. The lowest BCUT2D eigenvalue weighted by Crippen LogP contribution is -2.41. The lowest BCUT2D eigenvalue weighted by Gasteiger charge is -2.24. The van der Waals surface area contributed by atoms with Crippen LogP contribution in [-0.4, -0.2) is 80.8 Å². The molecule has 0 bridgehead atoms. The summed E-state index contributed by atoms with van der Waals surface area (Å²) in [5, 5.41) is 8.53. The van der Waals surface area contributed by atoms with Crippen molar-refractivity contribution in [1.29, 1.82) is 0 Å². The Bertz CT molecular complexity index is 356. The van der Waals surface area contributed by atoms with Gasteiger partial charge in [-0.3, -0.25) is 4.79 Å². The van der Waals surface area contributed by atoms with Gasteiger partial charge in [0.05, 0.1) is 6.42 Å². The van der Waals surface area contributed by atoms with E-state index in [0.29, 0.717) is 6.54 Å². The molecule has 0 aromatic heterocycles. The van der Waals surface area contributed by atoms with Gasteiger partial charge in [0, 0.05) is 27.2 Å². The van der Waals surface area contributed by atoms with E-state index in [-0.39, 0.29) is 13.0 Å². The highest BCUT2D eigenvalue weighted by molar-refractivity contribution is 7.86. The molecular weight excluding hydrogens is 258 g/mol. The van der Waals surface area contributed by atoms with Crippen molar-refractivity contribution < 1.29 is 18.3 Å². The Morgan fingerprint density at radius 3 is 1.94 bits per heavy atom. The largest absolute Gasteiger partial charge is 0.481 e. The Morgan fingerprint density at radius 2 is 1.50 bits per heavy atom. The fraction of sp³-hybridized carbons (Fsp3) is 0.900. The first-order valence-corrected chi connectivity index (χ1v) is 7.11. The topological polar surface area (TPSA) is 81.2 Å². The van der Waals surface area contributed by atoms with E-state index in [1.54, 1.807) is 0 Å². The van der Waals surface area contributed by atoms with Crippen LogP contribution in [0.3, 0.4) is 0 Å². The van der Waals surface area contributed by atoms with Crippen molar-refractivity contribution >= 4 is 16.2 Å². The van der Waals surface area contributed by atoms with E-state index in [1.807, 2.05) is 19.0 Å². The molecule has 7 nitrogen and oxygen atoms in total. The maximum absolute atomic E-state index is 12.0. The molecule has 0 fully saturated rings. The van der Waals surface area contributed by atoms with E-state index in [1.165, 1.54) is 18.4 Å². The SMILES string of the molecule is CN(C)CCCN(C)S(=O)(=O)N(C)CCC(=O)O. The Morgan fingerprint density at radius 1 is 1.00 bits per heavy atom. The van der Waals surface area contributed by atoms with Crippen LogP contribution in [0.4, 0.5) is 0 Å². The number of carboxylic acids is 1. The van der Waals surface area contributed by atoms with Gasteiger partial charge in [-0.25, -0.2) is 0 Å². The maximum atomic E-state index is 12.0. The standard InChI is InChI=1S/C10H23N3O4S/c1-11(2)7-5-8-12(3)18(16,17)13(4)9-6-10(14)15/h5-9H2,1-4H3,(H,14,15). The zero-order valence-corrected chi connectivity index (χ0v) is 12.3. The van der Waals surface area contributed by atoms with E-state index in [9.17, 15) is 13.2 Å². The number of hydrogen-bond donors (Lipinski definition) is 1. The highest BCUT2D eigenvalue weighted by atomic mass is 32.2. The lowest BCUT2D eigenvalue weighted by atomic mass is 10.4. The van der Waals surface area contributed by atoms with Crippen LogP contribution < -0.4 is 0 Å². The van der Waals surface area contributed by atoms with Crippen LogP contribution in [0, 0.1) is 0 Å². The predicted molar refractivity (Wildman–Crippen MR) is 69.6 cm³/mol. The van der Waals surface area contributed by atoms with Crippen molar-refractivity contribution in [2.75, 3.05) is 47.8 Å². The molecule has 0 aliphatic heterocycles. The van der Waals surface area contributed by atoms with Crippen LogP contribution in [0.1, 0.15) is 12.8 Å². The molecular formula is C10H23N3O4S. The minimum absolute atomic E-state index is 0.0182. The summed E-state index contributed by atoms with van der Waals surface area (Å²) in [4.78, 5) is 12.4. The Labute approximate surface area is 109 Å². The van der Waals surface area contributed by atoms with Crippen molar-refractivity contribution in [3.05, 3.63) is 0 Å². The summed E-state index contributed by atoms with van der Waals surface area (Å²) in [5.74, 6) is -1.01. The molecule has 0 rings (SSSR count). The van der Waals surface area contributed by atoms with Crippen LogP contribution in [-0.2, 0) is 15.0 Å². The second-order valence-electron chi connectivity index (χ2n) is 4.45. The van der Waals surface area contributed by atoms with Crippen molar-refractivity contribution in [1.82, 2.24) is 13.5 Å². The molecule has 0 aromatic rings. The van der Waals surface area contributed by atoms with Gasteiger partial charge in [0.25, 0.3) is 10.2 Å². The highest BCUT2D eigenvalue weighted by Crippen LogP contribution is 2.05. The number of aliphatic carboxylic acids is 1. The molecule has 0 saturated carbocycles. The van der Waals surface area contributed by atoms with Crippen molar-refractivity contribution in [3.63, 3.8) is 0 Å². The average molecular weight is 281 g/mol. The second-order valence-corrected chi connectivity index (χ2v) is 6.59. The van der Waals surface area contributed by atoms with Gasteiger partial charge in [-0.05, 0) is 27.1 Å². The van der Waals surface area contributed by atoms with Crippen LogP contribution in [0.2, 0.25) is 0 Å². The maximum Gasteiger partial charge on any atom is 0.304 e. The summed E-state index contributed by atoms with van der Waals surface area (Å²) in [5.41, 5.74) is 0. The van der Waals surface area contributed by atoms with Crippen molar-refractivity contribution in [2.45, 2.75) is 12.8 Å². The molecule has 0 heterocycles. The minimum Gasteiger partial charge on any atom is -0.481 e. The predicted octanol–water partition coefficient (Wildman–Crippen LogP) is -0.479. The zero-order chi connectivity index (χ0) is 14.3. The third-order valence-electron chi connectivity index (χ3n) is 2.51. The summed E-state index contributed by atoms with van der Waals surface area (Å²) < 4.78 is 26.2. The Kier molecular flexibility index (Phi) is 7.37. The summed E-state index contributed by atoms with van der Waals surface area (Å²) in [6, 6.07) is 0. The van der Waals surface area contributed by atoms with E-state index in [2.05, 4.69) is 0 Å². The van der Waals surface area contributed by atoms with Crippen LogP contribution >= 0.6 is 0 Å². The number of carboxylic acid groups (broad SMARTS) is 1. The van der Waals surface area contributed by atoms with Crippen LogP contribution in [0.5, 0.6) is 0 Å². The van der Waals surface area contributed by atoms with E-state index < -0.39 is 16.2 Å². The quantitative estimate of drug-likeness (QED) is 0.617. The molecule has 0 unspecified atom stereocenters. The molecule has 18 heavy (non-hydrogen) atoms. The number of rotatable bonds is 9. The molecule has 1 N–H and O–H groups in total. The lowest BCUT2D eigenvalue weighted by molar-refractivity contribution is -0.137. The van der Waals surface area contributed by atoms with Crippen molar-refractivity contribution in [2.24, 2.45) is 0 Å². The first-order valence-electron chi connectivity index (χ1n) is 5.72. The molecule has 0 spiro atoms. The van der Waals surface area contributed by atoms with E-state index in [4.69, 9.17) is 5.11 Å². The molecule has 0 atom stereocenters. The first kappa shape index (κ1) is 17.3. The monoisotopic (exact) mass is 281 g/mol. The number of carbonyl (C=O) groups is 1. The molecule has 0 saturated heterocycles. The van der Waals surface area contributed by atoms with Crippen LogP contribution in [0.15, 0.2) is 0 Å². The third-order valence-corrected chi connectivity index (χ3v) is 4.45. The molecule has 0 aliphatic carbocycles. The molecule has 8 heteroatoms. The van der Waals surface area contributed by atoms with Gasteiger partial charge in [-0.1, -0.05) is 0 Å². The summed E-state index contributed by atoms with van der Waals surface area (Å²) in [7, 11) is 3.19. The Hall–Kier alpha value is -0.700. The van der Waals surface area contributed by atoms with E-state index in [0.717, 1.165) is 17.3 Å². The second kappa shape index (κ2) is 7.67. The van der Waals surface area contributed by atoms with Gasteiger partial charge < -0.3 is 10.0 Å². The number of hydrogen-bond acceptors (Lipinski definition) is 4.